The van der Waals surface area contributed by atoms with Gasteiger partial charge in [-0.05, 0) is 24.5 Å². The second-order valence-electron chi connectivity index (χ2n) is 4.62. The summed E-state index contributed by atoms with van der Waals surface area (Å²) in [6.07, 6.45) is 8.53. The maximum Gasteiger partial charge on any atom is 0.317 e. The number of rotatable bonds is 5. The summed E-state index contributed by atoms with van der Waals surface area (Å²) in [5, 5.41) is 9.57. The molecule has 2 rings (SSSR count). The summed E-state index contributed by atoms with van der Waals surface area (Å²) in [5.74, 6) is -0.149. The van der Waals surface area contributed by atoms with Crippen LogP contribution in [0.3, 0.4) is 0 Å². The van der Waals surface area contributed by atoms with Crippen molar-refractivity contribution in [2.24, 2.45) is 5.92 Å². The van der Waals surface area contributed by atoms with E-state index in [1.165, 1.54) is 43.9 Å². The predicted molar refractivity (Wildman–Crippen MR) is 67.2 cm³/mol. The first-order chi connectivity index (χ1) is 8.25. The Balaban J connectivity index is 1.90. The van der Waals surface area contributed by atoms with Gasteiger partial charge >= 0.3 is 5.97 Å². The molecule has 0 amide bonds. The number of hydrogen-bond donors (Lipinski definition) is 1. The van der Waals surface area contributed by atoms with E-state index in [-0.39, 0.29) is 5.25 Å². The molecule has 0 saturated heterocycles. The number of carboxylic acid groups (broad SMARTS) is 1. The number of hydrogen-bond acceptors (Lipinski definition) is 3. The van der Waals surface area contributed by atoms with Gasteiger partial charge in [-0.25, -0.2) is 0 Å². The molecule has 0 unspecified atom stereocenters. The molecule has 3 nitrogen and oxygen atoms in total. The number of carbonyl (C=O) groups is 1. The monoisotopic (exact) mass is 254 g/mol. The van der Waals surface area contributed by atoms with E-state index in [0.29, 0.717) is 11.0 Å². The van der Waals surface area contributed by atoms with Gasteiger partial charge in [-0.3, -0.25) is 4.79 Å². The van der Waals surface area contributed by atoms with Crippen LogP contribution in [0.2, 0.25) is 0 Å². The summed E-state index contributed by atoms with van der Waals surface area (Å²) in [6, 6.07) is 3.61. The summed E-state index contributed by atoms with van der Waals surface area (Å²) in [4.78, 5) is 11.2. The number of thioether (sulfide) groups is 1. The van der Waals surface area contributed by atoms with E-state index >= 15 is 0 Å². The van der Waals surface area contributed by atoms with Gasteiger partial charge in [-0.1, -0.05) is 43.9 Å². The molecule has 1 aromatic rings. The Hall–Kier alpha value is -0.900. The van der Waals surface area contributed by atoms with Crippen LogP contribution in [0.1, 0.15) is 38.5 Å². The third-order valence-corrected chi connectivity index (χ3v) is 4.44. The SMILES string of the molecule is O=C(O)[C@@H](CC1CCCCC1)Sc1ccco1. The molecular weight excluding hydrogens is 236 g/mol. The minimum absolute atomic E-state index is 0.371. The van der Waals surface area contributed by atoms with Crippen LogP contribution in [0.15, 0.2) is 27.9 Å². The quantitative estimate of drug-likeness (QED) is 0.812. The first-order valence-electron chi connectivity index (χ1n) is 6.18. The van der Waals surface area contributed by atoms with Crippen molar-refractivity contribution in [3.05, 3.63) is 18.4 Å². The van der Waals surface area contributed by atoms with Gasteiger partial charge in [0.15, 0.2) is 5.09 Å². The van der Waals surface area contributed by atoms with Crippen molar-refractivity contribution in [3.63, 3.8) is 0 Å². The van der Waals surface area contributed by atoms with E-state index in [2.05, 4.69) is 0 Å². The Morgan fingerprint density at radius 1 is 1.47 bits per heavy atom. The molecule has 1 saturated carbocycles. The van der Waals surface area contributed by atoms with Crippen molar-refractivity contribution < 1.29 is 14.3 Å². The highest BCUT2D eigenvalue weighted by Gasteiger charge is 2.25. The van der Waals surface area contributed by atoms with Gasteiger partial charge in [-0.2, -0.15) is 0 Å². The van der Waals surface area contributed by atoms with Gasteiger partial charge in [-0.15, -0.1) is 0 Å². The second-order valence-corrected chi connectivity index (χ2v) is 5.82. The molecule has 1 N–H and O–H groups in total. The fraction of sp³-hybridized carbons (Fsp3) is 0.615. The molecule has 17 heavy (non-hydrogen) atoms. The lowest BCUT2D eigenvalue weighted by Crippen LogP contribution is -2.21. The lowest BCUT2D eigenvalue weighted by atomic mass is 9.86. The van der Waals surface area contributed by atoms with Crippen LogP contribution in [0.5, 0.6) is 0 Å². The largest absolute Gasteiger partial charge is 0.480 e. The maximum atomic E-state index is 11.2. The zero-order valence-corrected chi connectivity index (χ0v) is 10.6. The highest BCUT2D eigenvalue weighted by atomic mass is 32.2. The van der Waals surface area contributed by atoms with Crippen molar-refractivity contribution in [1.29, 1.82) is 0 Å². The Morgan fingerprint density at radius 3 is 2.82 bits per heavy atom. The average Bonchev–Trinajstić information content (AvgIpc) is 2.82. The van der Waals surface area contributed by atoms with Crippen LogP contribution in [-0.2, 0) is 4.79 Å². The number of furan rings is 1. The molecule has 1 fully saturated rings. The molecule has 94 valence electrons. The second kappa shape index (κ2) is 6.15. The standard InChI is InChI=1S/C13H18O3S/c14-13(15)11(17-12-7-4-8-16-12)9-10-5-2-1-3-6-10/h4,7-8,10-11H,1-3,5-6,9H2,(H,14,15)/t11-/m1/s1. The summed E-state index contributed by atoms with van der Waals surface area (Å²) in [7, 11) is 0. The van der Waals surface area contributed by atoms with E-state index in [9.17, 15) is 9.90 Å². The van der Waals surface area contributed by atoms with Crippen LogP contribution in [-0.4, -0.2) is 16.3 Å². The maximum absolute atomic E-state index is 11.2. The molecule has 1 atom stereocenters. The summed E-state index contributed by atoms with van der Waals surface area (Å²) in [6.45, 7) is 0. The summed E-state index contributed by atoms with van der Waals surface area (Å²) < 4.78 is 5.20. The molecular formula is C13H18O3S. The zero-order chi connectivity index (χ0) is 12.1. The number of carboxylic acids is 1. The van der Waals surface area contributed by atoms with Gasteiger partial charge in [0.2, 0.25) is 0 Å². The van der Waals surface area contributed by atoms with Gasteiger partial charge in [0, 0.05) is 0 Å². The minimum atomic E-state index is -0.725. The van der Waals surface area contributed by atoms with Gasteiger partial charge in [0.25, 0.3) is 0 Å². The van der Waals surface area contributed by atoms with Crippen LogP contribution in [0.4, 0.5) is 0 Å². The molecule has 0 aliphatic heterocycles. The molecule has 1 aliphatic rings. The number of aliphatic carboxylic acids is 1. The van der Waals surface area contributed by atoms with E-state index in [1.807, 2.05) is 6.07 Å². The predicted octanol–water partition coefficient (Wildman–Crippen LogP) is 3.80. The molecule has 1 heterocycles. The summed E-state index contributed by atoms with van der Waals surface area (Å²) >= 11 is 1.33. The van der Waals surface area contributed by atoms with E-state index < -0.39 is 5.97 Å². The van der Waals surface area contributed by atoms with E-state index in [0.717, 1.165) is 6.42 Å². The van der Waals surface area contributed by atoms with Crippen LogP contribution in [0.25, 0.3) is 0 Å². The highest BCUT2D eigenvalue weighted by Crippen LogP contribution is 2.33. The zero-order valence-electron chi connectivity index (χ0n) is 9.80. The average molecular weight is 254 g/mol. The molecule has 0 spiro atoms. The first-order valence-corrected chi connectivity index (χ1v) is 7.06. The van der Waals surface area contributed by atoms with Gasteiger partial charge in [0.1, 0.15) is 5.25 Å². The molecule has 1 aliphatic carbocycles. The van der Waals surface area contributed by atoms with Crippen molar-refractivity contribution >= 4 is 17.7 Å². The Morgan fingerprint density at radius 2 is 2.24 bits per heavy atom. The topological polar surface area (TPSA) is 50.4 Å². The van der Waals surface area contributed by atoms with E-state index in [1.54, 1.807) is 12.3 Å². The van der Waals surface area contributed by atoms with Crippen molar-refractivity contribution in [2.75, 3.05) is 0 Å². The van der Waals surface area contributed by atoms with Crippen LogP contribution < -0.4 is 0 Å². The van der Waals surface area contributed by atoms with Crippen LogP contribution in [0, 0.1) is 5.92 Å². The molecule has 0 bridgehead atoms. The smallest absolute Gasteiger partial charge is 0.317 e. The lowest BCUT2D eigenvalue weighted by molar-refractivity contribution is -0.136. The molecule has 1 aromatic heterocycles. The molecule has 0 radical (unpaired) electrons. The van der Waals surface area contributed by atoms with Crippen molar-refractivity contribution in [2.45, 2.75) is 48.9 Å². The molecule has 0 aromatic carbocycles. The fourth-order valence-corrected chi connectivity index (χ4v) is 3.41. The van der Waals surface area contributed by atoms with E-state index in [4.69, 9.17) is 4.42 Å². The van der Waals surface area contributed by atoms with Gasteiger partial charge in [0.05, 0.1) is 6.26 Å². The van der Waals surface area contributed by atoms with Gasteiger partial charge < -0.3 is 9.52 Å². The Bertz CT molecular complexity index is 342. The Labute approximate surface area is 106 Å². The van der Waals surface area contributed by atoms with Crippen molar-refractivity contribution in [1.82, 2.24) is 0 Å². The minimum Gasteiger partial charge on any atom is -0.480 e. The van der Waals surface area contributed by atoms with Crippen LogP contribution >= 0.6 is 11.8 Å². The normalized spacial score (nSPS) is 19.1. The highest BCUT2D eigenvalue weighted by molar-refractivity contribution is 8.00. The third kappa shape index (κ3) is 3.80. The summed E-state index contributed by atoms with van der Waals surface area (Å²) in [5.41, 5.74) is 0. The third-order valence-electron chi connectivity index (χ3n) is 3.30. The van der Waals surface area contributed by atoms with Crippen molar-refractivity contribution in [3.8, 4) is 0 Å². The Kier molecular flexibility index (Phi) is 4.54. The lowest BCUT2D eigenvalue weighted by Gasteiger charge is -2.23. The fourth-order valence-electron chi connectivity index (χ4n) is 2.40. The molecule has 4 heteroatoms. The first kappa shape index (κ1) is 12.6.